The number of methoxy groups -OCH3 is 1. The molecule has 2 heterocycles. The van der Waals surface area contributed by atoms with Crippen LogP contribution in [0.25, 0.3) is 28.2 Å². The van der Waals surface area contributed by atoms with E-state index < -0.39 is 0 Å². The SMILES string of the molecule is COc1ccccc1-c1ccc2ncc(-c3ccc(CO)cc3)n2n1. The molecule has 0 fully saturated rings. The highest BCUT2D eigenvalue weighted by atomic mass is 16.5. The van der Waals surface area contributed by atoms with Gasteiger partial charge >= 0.3 is 0 Å². The van der Waals surface area contributed by atoms with E-state index in [1.165, 1.54) is 0 Å². The zero-order chi connectivity index (χ0) is 17.2. The zero-order valence-corrected chi connectivity index (χ0v) is 13.8. The van der Waals surface area contributed by atoms with Gasteiger partial charge in [0.25, 0.3) is 0 Å². The normalized spacial score (nSPS) is 11.0. The van der Waals surface area contributed by atoms with Crippen molar-refractivity contribution in [3.05, 3.63) is 72.4 Å². The predicted molar refractivity (Wildman–Crippen MR) is 96.3 cm³/mol. The van der Waals surface area contributed by atoms with Crippen molar-refractivity contribution in [2.75, 3.05) is 7.11 Å². The second-order valence-corrected chi connectivity index (χ2v) is 5.69. The molecular weight excluding hydrogens is 314 g/mol. The summed E-state index contributed by atoms with van der Waals surface area (Å²) in [5, 5.41) is 14.0. The van der Waals surface area contributed by atoms with Crippen LogP contribution in [0.5, 0.6) is 5.75 Å². The number of aliphatic hydroxyl groups is 1. The minimum absolute atomic E-state index is 0.0314. The van der Waals surface area contributed by atoms with Gasteiger partial charge in [0.2, 0.25) is 0 Å². The number of rotatable bonds is 4. The molecule has 0 radical (unpaired) electrons. The largest absolute Gasteiger partial charge is 0.496 e. The Hall–Kier alpha value is -3.18. The Bertz CT molecular complexity index is 1020. The summed E-state index contributed by atoms with van der Waals surface area (Å²) in [4.78, 5) is 4.43. The van der Waals surface area contributed by atoms with Crippen LogP contribution in [0.3, 0.4) is 0 Å². The zero-order valence-electron chi connectivity index (χ0n) is 13.8. The Morgan fingerprint density at radius 3 is 2.56 bits per heavy atom. The summed E-state index contributed by atoms with van der Waals surface area (Å²) >= 11 is 0. The molecule has 124 valence electrons. The Kier molecular flexibility index (Phi) is 3.91. The summed E-state index contributed by atoms with van der Waals surface area (Å²) in [6.07, 6.45) is 1.81. The number of para-hydroxylation sites is 1. The van der Waals surface area contributed by atoms with Crippen LogP contribution < -0.4 is 4.74 Å². The summed E-state index contributed by atoms with van der Waals surface area (Å²) in [6, 6.07) is 19.4. The first-order valence-corrected chi connectivity index (χ1v) is 7.98. The first-order chi connectivity index (χ1) is 12.3. The Labute approximate surface area is 145 Å². The van der Waals surface area contributed by atoms with Gasteiger partial charge in [0.15, 0.2) is 5.65 Å². The van der Waals surface area contributed by atoms with Crippen molar-refractivity contribution >= 4 is 5.65 Å². The lowest BCUT2D eigenvalue weighted by Gasteiger charge is -2.08. The molecule has 0 saturated heterocycles. The number of hydrogen-bond donors (Lipinski definition) is 1. The molecule has 2 aromatic carbocycles. The molecular formula is C20H17N3O2. The summed E-state index contributed by atoms with van der Waals surface area (Å²) < 4.78 is 7.27. The number of imidazole rings is 1. The fourth-order valence-corrected chi connectivity index (χ4v) is 2.85. The minimum atomic E-state index is 0.0314. The molecule has 2 aromatic heterocycles. The summed E-state index contributed by atoms with van der Waals surface area (Å²) in [5.41, 5.74) is 5.30. The average Bonchev–Trinajstić information content (AvgIpc) is 3.11. The first-order valence-electron chi connectivity index (χ1n) is 7.98. The Balaban J connectivity index is 1.85. The van der Waals surface area contributed by atoms with E-state index in [1.54, 1.807) is 7.11 Å². The molecule has 0 bridgehead atoms. The molecule has 0 aliphatic heterocycles. The smallest absolute Gasteiger partial charge is 0.154 e. The second kappa shape index (κ2) is 6.37. The number of aromatic nitrogens is 3. The van der Waals surface area contributed by atoms with Crippen molar-refractivity contribution in [1.82, 2.24) is 14.6 Å². The molecule has 5 nitrogen and oxygen atoms in total. The van der Waals surface area contributed by atoms with Gasteiger partial charge in [-0.25, -0.2) is 9.50 Å². The number of hydrogen-bond acceptors (Lipinski definition) is 4. The molecule has 25 heavy (non-hydrogen) atoms. The van der Waals surface area contributed by atoms with E-state index in [9.17, 15) is 5.11 Å². The van der Waals surface area contributed by atoms with Gasteiger partial charge in [0.1, 0.15) is 5.75 Å². The van der Waals surface area contributed by atoms with E-state index in [0.29, 0.717) is 0 Å². The number of fused-ring (bicyclic) bond motifs is 1. The van der Waals surface area contributed by atoms with Crippen LogP contribution in [0.2, 0.25) is 0 Å². The third-order valence-electron chi connectivity index (χ3n) is 4.18. The van der Waals surface area contributed by atoms with Crippen molar-refractivity contribution in [3.63, 3.8) is 0 Å². The lowest BCUT2D eigenvalue weighted by molar-refractivity contribution is 0.282. The monoisotopic (exact) mass is 331 g/mol. The third kappa shape index (κ3) is 2.75. The van der Waals surface area contributed by atoms with Gasteiger partial charge in [-0.1, -0.05) is 36.4 Å². The van der Waals surface area contributed by atoms with Crippen LogP contribution in [-0.4, -0.2) is 26.8 Å². The Morgan fingerprint density at radius 2 is 1.80 bits per heavy atom. The molecule has 0 amide bonds. The third-order valence-corrected chi connectivity index (χ3v) is 4.18. The van der Waals surface area contributed by atoms with Crippen molar-refractivity contribution in [1.29, 1.82) is 0 Å². The molecule has 0 spiro atoms. The van der Waals surface area contributed by atoms with Gasteiger partial charge in [-0.3, -0.25) is 0 Å². The lowest BCUT2D eigenvalue weighted by Crippen LogP contribution is -1.98. The van der Waals surface area contributed by atoms with E-state index in [1.807, 2.05) is 71.4 Å². The summed E-state index contributed by atoms with van der Waals surface area (Å²) in [6.45, 7) is 0.0314. The topological polar surface area (TPSA) is 59.7 Å². The fourth-order valence-electron chi connectivity index (χ4n) is 2.85. The second-order valence-electron chi connectivity index (χ2n) is 5.69. The maximum Gasteiger partial charge on any atom is 0.154 e. The van der Waals surface area contributed by atoms with Crippen LogP contribution in [-0.2, 0) is 6.61 Å². The number of ether oxygens (including phenoxy) is 1. The molecule has 0 unspecified atom stereocenters. The highest BCUT2D eigenvalue weighted by Crippen LogP contribution is 2.29. The van der Waals surface area contributed by atoms with E-state index >= 15 is 0 Å². The van der Waals surface area contributed by atoms with E-state index in [0.717, 1.165) is 39.5 Å². The van der Waals surface area contributed by atoms with Gasteiger partial charge in [0.05, 0.1) is 31.3 Å². The summed E-state index contributed by atoms with van der Waals surface area (Å²) in [5.74, 6) is 0.781. The van der Waals surface area contributed by atoms with Crippen molar-refractivity contribution in [2.24, 2.45) is 0 Å². The number of aliphatic hydroxyl groups excluding tert-OH is 1. The summed E-state index contributed by atoms with van der Waals surface area (Å²) in [7, 11) is 1.66. The molecule has 0 aliphatic carbocycles. The van der Waals surface area contributed by atoms with Crippen molar-refractivity contribution in [3.8, 4) is 28.3 Å². The number of benzene rings is 2. The van der Waals surface area contributed by atoms with Crippen LogP contribution in [0.4, 0.5) is 0 Å². The van der Waals surface area contributed by atoms with Crippen LogP contribution in [0.1, 0.15) is 5.56 Å². The van der Waals surface area contributed by atoms with Crippen LogP contribution >= 0.6 is 0 Å². The Morgan fingerprint density at radius 1 is 1.00 bits per heavy atom. The highest BCUT2D eigenvalue weighted by molar-refractivity contribution is 5.69. The fraction of sp³-hybridized carbons (Fsp3) is 0.100. The van der Waals surface area contributed by atoms with E-state index in [4.69, 9.17) is 9.84 Å². The van der Waals surface area contributed by atoms with Gasteiger partial charge in [-0.15, -0.1) is 0 Å². The molecule has 1 N–H and O–H groups in total. The molecule has 0 aliphatic rings. The van der Waals surface area contributed by atoms with Crippen molar-refractivity contribution < 1.29 is 9.84 Å². The molecule has 4 rings (SSSR count). The van der Waals surface area contributed by atoms with E-state index in [-0.39, 0.29) is 6.61 Å². The molecule has 0 saturated carbocycles. The average molecular weight is 331 g/mol. The maximum atomic E-state index is 9.20. The highest BCUT2D eigenvalue weighted by Gasteiger charge is 2.11. The quantitative estimate of drug-likeness (QED) is 0.621. The van der Waals surface area contributed by atoms with Crippen LogP contribution in [0, 0.1) is 0 Å². The molecule has 4 aromatic rings. The molecule has 5 heteroatoms. The van der Waals surface area contributed by atoms with Gasteiger partial charge in [0, 0.05) is 11.1 Å². The minimum Gasteiger partial charge on any atom is -0.496 e. The maximum absolute atomic E-state index is 9.20. The van der Waals surface area contributed by atoms with Gasteiger partial charge < -0.3 is 9.84 Å². The predicted octanol–water partition coefficient (Wildman–Crippen LogP) is 3.56. The first kappa shape index (κ1) is 15.4. The van der Waals surface area contributed by atoms with Gasteiger partial charge in [-0.05, 0) is 29.8 Å². The standard InChI is InChI=1S/C20H17N3O2/c1-25-19-5-3-2-4-16(19)17-10-11-20-21-12-18(23(20)22-17)15-8-6-14(13-24)7-9-15/h2-12,24H,13H2,1H3. The van der Waals surface area contributed by atoms with Crippen LogP contribution in [0.15, 0.2) is 66.9 Å². The molecule has 0 atom stereocenters. The lowest BCUT2D eigenvalue weighted by atomic mass is 10.1. The number of nitrogens with zero attached hydrogens (tertiary/aromatic N) is 3. The van der Waals surface area contributed by atoms with Crippen molar-refractivity contribution in [2.45, 2.75) is 6.61 Å². The van der Waals surface area contributed by atoms with E-state index in [2.05, 4.69) is 4.98 Å². The van der Waals surface area contributed by atoms with Gasteiger partial charge in [-0.2, -0.15) is 5.10 Å².